The number of carbonyl (C=O) groups is 1. The molecule has 2 saturated heterocycles. The molecule has 3 rings (SSSR count). The number of carbonyl (C=O) groups excluding carboxylic acids is 1. The summed E-state index contributed by atoms with van der Waals surface area (Å²) in [7, 11) is 2.00. The summed E-state index contributed by atoms with van der Waals surface area (Å²) in [6, 6.07) is 11.0. The molecule has 4 heteroatoms. The van der Waals surface area contributed by atoms with Gasteiger partial charge in [-0.05, 0) is 37.9 Å². The van der Waals surface area contributed by atoms with Crippen molar-refractivity contribution in [3.8, 4) is 0 Å². The summed E-state index contributed by atoms with van der Waals surface area (Å²) in [6.45, 7) is 4.96. The Morgan fingerprint density at radius 3 is 2.86 bits per heavy atom. The molecule has 2 fully saturated rings. The van der Waals surface area contributed by atoms with E-state index >= 15 is 0 Å². The number of amides is 1. The summed E-state index contributed by atoms with van der Waals surface area (Å²) >= 11 is 0. The molecule has 1 amide bonds. The topological polar surface area (TPSA) is 35.6 Å². The molecule has 1 aromatic carbocycles. The van der Waals surface area contributed by atoms with Crippen LogP contribution in [-0.2, 0) is 11.3 Å². The Kier molecular flexibility index (Phi) is 5.11. The van der Waals surface area contributed by atoms with E-state index in [1.54, 1.807) is 0 Å². The molecule has 4 nitrogen and oxygen atoms in total. The van der Waals surface area contributed by atoms with Gasteiger partial charge in [-0.25, -0.2) is 0 Å². The maximum Gasteiger partial charge on any atom is 0.227 e. The van der Waals surface area contributed by atoms with Gasteiger partial charge < -0.3 is 10.2 Å². The van der Waals surface area contributed by atoms with E-state index < -0.39 is 0 Å². The van der Waals surface area contributed by atoms with Gasteiger partial charge >= 0.3 is 0 Å². The van der Waals surface area contributed by atoms with Gasteiger partial charge in [-0.3, -0.25) is 9.69 Å². The van der Waals surface area contributed by atoms with Crippen LogP contribution < -0.4 is 5.32 Å². The van der Waals surface area contributed by atoms with Crippen molar-refractivity contribution in [2.24, 2.45) is 5.92 Å². The van der Waals surface area contributed by atoms with E-state index in [9.17, 15) is 4.79 Å². The molecule has 0 aromatic heterocycles. The average molecular weight is 301 g/mol. The molecule has 2 unspecified atom stereocenters. The van der Waals surface area contributed by atoms with E-state index in [4.69, 9.17) is 0 Å². The summed E-state index contributed by atoms with van der Waals surface area (Å²) in [6.07, 6.45) is 3.30. The van der Waals surface area contributed by atoms with Crippen molar-refractivity contribution < 1.29 is 4.79 Å². The van der Waals surface area contributed by atoms with Crippen LogP contribution in [0.3, 0.4) is 0 Å². The van der Waals surface area contributed by atoms with Gasteiger partial charge in [0, 0.05) is 32.7 Å². The van der Waals surface area contributed by atoms with Crippen LogP contribution in [0.2, 0.25) is 0 Å². The molecule has 0 bridgehead atoms. The second-order valence-electron chi connectivity index (χ2n) is 6.66. The standard InChI is InChI=1S/C18H27N3O/c1-20(18(22)16-9-10-19-12-16)17-8-5-11-21(14-17)13-15-6-3-2-4-7-15/h2-4,6-7,16-17,19H,5,8-14H2,1H3. The zero-order chi connectivity index (χ0) is 15.4. The van der Waals surface area contributed by atoms with E-state index in [1.165, 1.54) is 12.0 Å². The predicted octanol–water partition coefficient (Wildman–Crippen LogP) is 1.72. The first-order chi connectivity index (χ1) is 10.7. The van der Waals surface area contributed by atoms with Crippen LogP contribution in [0.1, 0.15) is 24.8 Å². The van der Waals surface area contributed by atoms with Crippen molar-refractivity contribution in [1.29, 1.82) is 0 Å². The number of hydrogen-bond donors (Lipinski definition) is 1. The van der Waals surface area contributed by atoms with E-state index in [2.05, 4.69) is 40.5 Å². The van der Waals surface area contributed by atoms with Crippen LogP contribution in [0.15, 0.2) is 30.3 Å². The summed E-state index contributed by atoms with van der Waals surface area (Å²) in [5, 5.41) is 3.29. The second kappa shape index (κ2) is 7.25. The molecule has 0 spiro atoms. The van der Waals surface area contributed by atoms with Gasteiger partial charge in [0.1, 0.15) is 0 Å². The quantitative estimate of drug-likeness (QED) is 0.920. The smallest absolute Gasteiger partial charge is 0.227 e. The molecule has 2 heterocycles. The van der Waals surface area contributed by atoms with Gasteiger partial charge in [-0.15, -0.1) is 0 Å². The zero-order valence-electron chi connectivity index (χ0n) is 13.5. The maximum atomic E-state index is 12.6. The molecule has 1 N–H and O–H groups in total. The number of nitrogens with one attached hydrogen (secondary N) is 1. The fraction of sp³-hybridized carbons (Fsp3) is 0.611. The fourth-order valence-corrected chi connectivity index (χ4v) is 3.67. The zero-order valence-corrected chi connectivity index (χ0v) is 13.5. The Hall–Kier alpha value is -1.39. The third kappa shape index (κ3) is 3.68. The highest BCUT2D eigenvalue weighted by Gasteiger charge is 2.31. The molecule has 1 aromatic rings. The Morgan fingerprint density at radius 2 is 2.14 bits per heavy atom. The summed E-state index contributed by atoms with van der Waals surface area (Å²) in [5.74, 6) is 0.520. The molecular formula is C18H27N3O. The van der Waals surface area contributed by atoms with Crippen molar-refractivity contribution in [3.05, 3.63) is 35.9 Å². The van der Waals surface area contributed by atoms with E-state index in [1.807, 2.05) is 11.9 Å². The Labute approximate surface area is 133 Å². The molecular weight excluding hydrogens is 274 g/mol. The van der Waals surface area contributed by atoms with Gasteiger partial charge in [0.05, 0.1) is 5.92 Å². The minimum Gasteiger partial charge on any atom is -0.341 e. The molecule has 2 aliphatic heterocycles. The molecule has 22 heavy (non-hydrogen) atoms. The van der Waals surface area contributed by atoms with Crippen LogP contribution >= 0.6 is 0 Å². The Balaban J connectivity index is 1.56. The number of rotatable bonds is 4. The lowest BCUT2D eigenvalue weighted by atomic mass is 10.0. The number of likely N-dealkylation sites (tertiary alicyclic amines) is 1. The van der Waals surface area contributed by atoms with Crippen LogP contribution in [0.5, 0.6) is 0 Å². The lowest BCUT2D eigenvalue weighted by molar-refractivity contribution is -0.136. The fourth-order valence-electron chi connectivity index (χ4n) is 3.67. The van der Waals surface area contributed by atoms with Crippen molar-refractivity contribution in [1.82, 2.24) is 15.1 Å². The minimum atomic E-state index is 0.189. The molecule has 2 atom stereocenters. The van der Waals surface area contributed by atoms with Crippen molar-refractivity contribution in [2.75, 3.05) is 33.2 Å². The highest BCUT2D eigenvalue weighted by Crippen LogP contribution is 2.20. The molecule has 0 aliphatic carbocycles. The summed E-state index contributed by atoms with van der Waals surface area (Å²) < 4.78 is 0. The van der Waals surface area contributed by atoms with Gasteiger partial charge in [-0.2, -0.15) is 0 Å². The first-order valence-electron chi connectivity index (χ1n) is 8.47. The lowest BCUT2D eigenvalue weighted by Crippen LogP contribution is -2.50. The summed E-state index contributed by atoms with van der Waals surface area (Å²) in [4.78, 5) is 17.1. The monoisotopic (exact) mass is 301 g/mol. The number of likely N-dealkylation sites (N-methyl/N-ethyl adjacent to an activating group) is 1. The van der Waals surface area contributed by atoms with Gasteiger partial charge in [0.15, 0.2) is 0 Å². The number of piperidine rings is 1. The first-order valence-corrected chi connectivity index (χ1v) is 8.47. The molecule has 0 saturated carbocycles. The highest BCUT2D eigenvalue weighted by molar-refractivity contribution is 5.79. The van der Waals surface area contributed by atoms with Crippen LogP contribution in [0.25, 0.3) is 0 Å². The second-order valence-corrected chi connectivity index (χ2v) is 6.66. The largest absolute Gasteiger partial charge is 0.341 e. The number of hydrogen-bond acceptors (Lipinski definition) is 3. The maximum absolute atomic E-state index is 12.6. The van der Waals surface area contributed by atoms with E-state index in [-0.39, 0.29) is 5.92 Å². The number of nitrogens with zero attached hydrogens (tertiary/aromatic N) is 2. The van der Waals surface area contributed by atoms with Gasteiger partial charge in [0.2, 0.25) is 5.91 Å². The lowest BCUT2D eigenvalue weighted by Gasteiger charge is -2.38. The third-order valence-corrected chi connectivity index (χ3v) is 5.03. The molecule has 120 valence electrons. The van der Waals surface area contributed by atoms with E-state index in [0.29, 0.717) is 11.9 Å². The van der Waals surface area contributed by atoms with Crippen molar-refractivity contribution in [2.45, 2.75) is 31.8 Å². The van der Waals surface area contributed by atoms with Crippen LogP contribution in [-0.4, -0.2) is 55.0 Å². The first kappa shape index (κ1) is 15.5. The van der Waals surface area contributed by atoms with Gasteiger partial charge in [0.25, 0.3) is 0 Å². The van der Waals surface area contributed by atoms with Crippen LogP contribution in [0, 0.1) is 5.92 Å². The minimum absolute atomic E-state index is 0.189. The van der Waals surface area contributed by atoms with E-state index in [0.717, 1.165) is 45.6 Å². The van der Waals surface area contributed by atoms with Gasteiger partial charge in [-0.1, -0.05) is 30.3 Å². The average Bonchev–Trinajstić information content (AvgIpc) is 3.09. The normalized spacial score (nSPS) is 26.0. The molecule has 0 radical (unpaired) electrons. The summed E-state index contributed by atoms with van der Waals surface area (Å²) in [5.41, 5.74) is 1.36. The Bertz CT molecular complexity index is 484. The highest BCUT2D eigenvalue weighted by atomic mass is 16.2. The Morgan fingerprint density at radius 1 is 1.32 bits per heavy atom. The third-order valence-electron chi connectivity index (χ3n) is 5.03. The van der Waals surface area contributed by atoms with Crippen molar-refractivity contribution in [3.63, 3.8) is 0 Å². The predicted molar refractivity (Wildman–Crippen MR) is 88.5 cm³/mol. The van der Waals surface area contributed by atoms with Crippen molar-refractivity contribution >= 4 is 5.91 Å². The van der Waals surface area contributed by atoms with Crippen LogP contribution in [0.4, 0.5) is 0 Å². The molecule has 2 aliphatic rings. The number of benzene rings is 1. The SMILES string of the molecule is CN(C(=O)C1CCNC1)C1CCCN(Cc2ccccc2)C1.